The van der Waals surface area contributed by atoms with Crippen molar-refractivity contribution in [2.24, 2.45) is 0 Å². The van der Waals surface area contributed by atoms with Crippen LogP contribution in [0.25, 0.3) is 0 Å². The van der Waals surface area contributed by atoms with E-state index in [0.29, 0.717) is 22.4 Å². The molecular formula is C12H14O4. The summed E-state index contributed by atoms with van der Waals surface area (Å²) in [5.41, 5.74) is 2.17. The molecule has 1 rings (SSSR count). The lowest BCUT2D eigenvalue weighted by Crippen LogP contribution is -2.09. The number of benzene rings is 1. The standard InChI is InChI=1S/C12H14O4/c1-6-5-10(16-9(4)13)7(2)8(3)11(6)12(14)15/h5H,1-4H3,(H,14,15). The van der Waals surface area contributed by atoms with Crippen molar-refractivity contribution in [3.05, 3.63) is 28.3 Å². The number of hydrogen-bond donors (Lipinski definition) is 1. The van der Waals surface area contributed by atoms with E-state index >= 15 is 0 Å². The second-order valence-corrected chi connectivity index (χ2v) is 3.72. The fraction of sp³-hybridized carbons (Fsp3) is 0.333. The molecule has 86 valence electrons. The zero-order valence-corrected chi connectivity index (χ0v) is 9.75. The van der Waals surface area contributed by atoms with Crippen molar-refractivity contribution < 1.29 is 19.4 Å². The number of rotatable bonds is 2. The first-order chi connectivity index (χ1) is 7.34. The van der Waals surface area contributed by atoms with Gasteiger partial charge in [-0.2, -0.15) is 0 Å². The van der Waals surface area contributed by atoms with Crippen molar-refractivity contribution in [1.82, 2.24) is 0 Å². The van der Waals surface area contributed by atoms with Crippen LogP contribution in [0.15, 0.2) is 6.07 Å². The molecule has 4 heteroatoms. The number of carboxylic acids is 1. The van der Waals surface area contributed by atoms with Crippen LogP contribution in [-0.2, 0) is 4.79 Å². The van der Waals surface area contributed by atoms with Crippen molar-refractivity contribution in [2.75, 3.05) is 0 Å². The van der Waals surface area contributed by atoms with E-state index in [-0.39, 0.29) is 5.56 Å². The molecule has 1 N–H and O–H groups in total. The third-order valence-corrected chi connectivity index (χ3v) is 2.52. The Hall–Kier alpha value is -1.84. The normalized spacial score (nSPS) is 10.0. The van der Waals surface area contributed by atoms with Crippen molar-refractivity contribution in [3.8, 4) is 5.75 Å². The zero-order chi connectivity index (χ0) is 12.5. The van der Waals surface area contributed by atoms with Gasteiger partial charge in [-0.25, -0.2) is 4.79 Å². The molecule has 0 heterocycles. The average Bonchev–Trinajstić information content (AvgIpc) is 2.12. The largest absolute Gasteiger partial charge is 0.478 e. The van der Waals surface area contributed by atoms with Crippen molar-refractivity contribution >= 4 is 11.9 Å². The molecule has 0 atom stereocenters. The highest BCUT2D eigenvalue weighted by Gasteiger charge is 2.16. The molecule has 0 aliphatic rings. The summed E-state index contributed by atoms with van der Waals surface area (Å²) in [6.07, 6.45) is 0. The number of aromatic carboxylic acids is 1. The summed E-state index contributed by atoms with van der Waals surface area (Å²) in [6, 6.07) is 1.58. The van der Waals surface area contributed by atoms with Crippen molar-refractivity contribution in [3.63, 3.8) is 0 Å². The molecule has 0 aromatic heterocycles. The predicted molar refractivity (Wildman–Crippen MR) is 58.9 cm³/mol. The number of esters is 1. The lowest BCUT2D eigenvalue weighted by molar-refractivity contribution is -0.131. The van der Waals surface area contributed by atoms with Gasteiger partial charge in [0.25, 0.3) is 0 Å². The first-order valence-electron chi connectivity index (χ1n) is 4.87. The van der Waals surface area contributed by atoms with Gasteiger partial charge >= 0.3 is 11.9 Å². The van der Waals surface area contributed by atoms with Gasteiger partial charge in [0, 0.05) is 6.92 Å². The molecule has 0 saturated heterocycles. The summed E-state index contributed by atoms with van der Waals surface area (Å²) >= 11 is 0. The molecule has 0 radical (unpaired) electrons. The van der Waals surface area contributed by atoms with E-state index < -0.39 is 11.9 Å². The van der Waals surface area contributed by atoms with Gasteiger partial charge in [-0.15, -0.1) is 0 Å². The van der Waals surface area contributed by atoms with Crippen LogP contribution in [0.2, 0.25) is 0 Å². The lowest BCUT2D eigenvalue weighted by atomic mass is 9.97. The Morgan fingerprint density at radius 2 is 1.75 bits per heavy atom. The average molecular weight is 222 g/mol. The molecule has 0 amide bonds. The van der Waals surface area contributed by atoms with E-state index in [1.165, 1.54) is 6.92 Å². The molecule has 0 unspecified atom stereocenters. The van der Waals surface area contributed by atoms with E-state index in [4.69, 9.17) is 9.84 Å². The summed E-state index contributed by atoms with van der Waals surface area (Å²) in [5, 5.41) is 9.04. The van der Waals surface area contributed by atoms with Crippen LogP contribution in [-0.4, -0.2) is 17.0 Å². The molecule has 0 spiro atoms. The first kappa shape index (κ1) is 12.2. The van der Waals surface area contributed by atoms with Crippen LogP contribution < -0.4 is 4.74 Å². The Bertz CT molecular complexity index is 461. The van der Waals surface area contributed by atoms with Gasteiger partial charge in [0.15, 0.2) is 0 Å². The van der Waals surface area contributed by atoms with Gasteiger partial charge in [0.1, 0.15) is 5.75 Å². The molecule has 4 nitrogen and oxygen atoms in total. The van der Waals surface area contributed by atoms with Crippen LogP contribution in [0, 0.1) is 20.8 Å². The number of hydrogen-bond acceptors (Lipinski definition) is 3. The van der Waals surface area contributed by atoms with E-state index in [9.17, 15) is 9.59 Å². The maximum atomic E-state index is 11.0. The topological polar surface area (TPSA) is 63.6 Å². The fourth-order valence-corrected chi connectivity index (χ4v) is 1.64. The predicted octanol–water partition coefficient (Wildman–Crippen LogP) is 2.24. The second kappa shape index (κ2) is 4.35. The lowest BCUT2D eigenvalue weighted by Gasteiger charge is -2.13. The molecule has 1 aromatic rings. The summed E-state index contributed by atoms with van der Waals surface area (Å²) in [6.45, 7) is 6.44. The molecule has 0 saturated carbocycles. The summed E-state index contributed by atoms with van der Waals surface area (Å²) < 4.78 is 5.01. The summed E-state index contributed by atoms with van der Waals surface area (Å²) in [4.78, 5) is 21.9. The molecule has 0 aliphatic heterocycles. The number of aryl methyl sites for hydroxylation is 1. The maximum absolute atomic E-state index is 11.0. The smallest absolute Gasteiger partial charge is 0.336 e. The second-order valence-electron chi connectivity index (χ2n) is 3.72. The highest BCUT2D eigenvalue weighted by Crippen LogP contribution is 2.27. The van der Waals surface area contributed by atoms with Crippen LogP contribution in [0.4, 0.5) is 0 Å². The molecule has 1 aromatic carbocycles. The summed E-state index contributed by atoms with van der Waals surface area (Å²) in [5.74, 6) is -0.954. The molecular weight excluding hydrogens is 208 g/mol. The van der Waals surface area contributed by atoms with E-state index in [0.717, 1.165) is 0 Å². The minimum absolute atomic E-state index is 0.272. The molecule has 0 aliphatic carbocycles. The number of ether oxygens (including phenoxy) is 1. The molecule has 0 bridgehead atoms. The first-order valence-corrected chi connectivity index (χ1v) is 4.87. The SMILES string of the molecule is CC(=O)Oc1cc(C)c(C(=O)O)c(C)c1C. The van der Waals surface area contributed by atoms with E-state index in [1.54, 1.807) is 26.8 Å². The minimum Gasteiger partial charge on any atom is -0.478 e. The number of carbonyl (C=O) groups is 2. The highest BCUT2D eigenvalue weighted by atomic mass is 16.5. The van der Waals surface area contributed by atoms with Gasteiger partial charge < -0.3 is 9.84 Å². The van der Waals surface area contributed by atoms with Crippen molar-refractivity contribution in [1.29, 1.82) is 0 Å². The maximum Gasteiger partial charge on any atom is 0.336 e. The van der Waals surface area contributed by atoms with Gasteiger partial charge in [-0.05, 0) is 43.5 Å². The Morgan fingerprint density at radius 3 is 2.19 bits per heavy atom. The Balaban J connectivity index is 3.39. The van der Waals surface area contributed by atoms with Crippen LogP contribution in [0.1, 0.15) is 34.0 Å². The Kier molecular flexibility index (Phi) is 3.32. The van der Waals surface area contributed by atoms with Crippen LogP contribution in [0.5, 0.6) is 5.75 Å². The minimum atomic E-state index is -0.965. The quantitative estimate of drug-likeness (QED) is 0.615. The third-order valence-electron chi connectivity index (χ3n) is 2.52. The number of carbonyl (C=O) groups excluding carboxylic acids is 1. The molecule has 0 fully saturated rings. The van der Waals surface area contributed by atoms with Gasteiger partial charge in [0.2, 0.25) is 0 Å². The van der Waals surface area contributed by atoms with Gasteiger partial charge in [-0.3, -0.25) is 4.79 Å². The highest BCUT2D eigenvalue weighted by molar-refractivity contribution is 5.92. The monoisotopic (exact) mass is 222 g/mol. The summed E-state index contributed by atoms with van der Waals surface area (Å²) in [7, 11) is 0. The van der Waals surface area contributed by atoms with Crippen LogP contribution >= 0.6 is 0 Å². The third kappa shape index (κ3) is 2.21. The number of carboxylic acid groups (broad SMARTS) is 1. The van der Waals surface area contributed by atoms with Gasteiger partial charge in [0.05, 0.1) is 5.56 Å². The van der Waals surface area contributed by atoms with E-state index in [2.05, 4.69) is 0 Å². The zero-order valence-electron chi connectivity index (χ0n) is 9.75. The Labute approximate surface area is 93.9 Å². The molecule has 16 heavy (non-hydrogen) atoms. The van der Waals surface area contributed by atoms with E-state index in [1.807, 2.05) is 0 Å². The van der Waals surface area contributed by atoms with Crippen LogP contribution in [0.3, 0.4) is 0 Å². The fourth-order valence-electron chi connectivity index (χ4n) is 1.64. The Morgan fingerprint density at radius 1 is 1.19 bits per heavy atom. The van der Waals surface area contributed by atoms with Gasteiger partial charge in [-0.1, -0.05) is 0 Å². The van der Waals surface area contributed by atoms with Crippen molar-refractivity contribution in [2.45, 2.75) is 27.7 Å².